The van der Waals surface area contributed by atoms with Crippen LogP contribution in [-0.2, 0) is 28.6 Å². The Bertz CT molecular complexity index is 369. The molecule has 18 heavy (non-hydrogen) atoms. The first-order chi connectivity index (χ1) is 8.38. The first kappa shape index (κ1) is 15.9. The van der Waals surface area contributed by atoms with Crippen molar-refractivity contribution in [2.24, 2.45) is 0 Å². The number of hydrogen-bond donors (Lipinski definition) is 0. The van der Waals surface area contributed by atoms with Crippen LogP contribution in [-0.4, -0.2) is 38.2 Å². The molecule has 0 amide bonds. The van der Waals surface area contributed by atoms with Crippen molar-refractivity contribution in [3.05, 3.63) is 24.3 Å². The largest absolute Gasteiger partial charge is 0.466 e. The Hall–Kier alpha value is -2.11. The predicted molar refractivity (Wildman–Crippen MR) is 62.5 cm³/mol. The lowest BCUT2D eigenvalue weighted by atomic mass is 10.2. The van der Waals surface area contributed by atoms with Crippen molar-refractivity contribution in [1.82, 2.24) is 0 Å². The zero-order chi connectivity index (χ0) is 14.1. The van der Waals surface area contributed by atoms with E-state index in [0.717, 1.165) is 0 Å². The van der Waals surface area contributed by atoms with Gasteiger partial charge >= 0.3 is 17.9 Å². The Morgan fingerprint density at radius 2 is 1.56 bits per heavy atom. The van der Waals surface area contributed by atoms with Crippen LogP contribution in [0, 0.1) is 0 Å². The van der Waals surface area contributed by atoms with E-state index in [9.17, 15) is 14.4 Å². The summed E-state index contributed by atoms with van der Waals surface area (Å²) in [6, 6.07) is 0. The van der Waals surface area contributed by atoms with Crippen LogP contribution in [0.15, 0.2) is 24.3 Å². The molecule has 0 fully saturated rings. The third kappa shape index (κ3) is 6.47. The highest BCUT2D eigenvalue weighted by Gasteiger charge is 2.13. The summed E-state index contributed by atoms with van der Waals surface area (Å²) >= 11 is 0. The van der Waals surface area contributed by atoms with Gasteiger partial charge in [0.15, 0.2) is 0 Å². The second-order valence-electron chi connectivity index (χ2n) is 3.41. The first-order valence-corrected chi connectivity index (χ1v) is 5.12. The van der Waals surface area contributed by atoms with E-state index in [1.54, 1.807) is 0 Å². The molecule has 0 aromatic rings. The van der Waals surface area contributed by atoms with Crippen LogP contribution in [0.1, 0.15) is 13.3 Å². The van der Waals surface area contributed by atoms with Crippen LogP contribution in [0.4, 0.5) is 0 Å². The van der Waals surface area contributed by atoms with Gasteiger partial charge in [0.05, 0.1) is 13.5 Å². The van der Waals surface area contributed by atoms with Gasteiger partial charge in [-0.3, -0.25) is 4.79 Å². The Morgan fingerprint density at radius 3 is 2.06 bits per heavy atom. The van der Waals surface area contributed by atoms with Crippen molar-refractivity contribution in [2.75, 3.05) is 20.3 Å². The van der Waals surface area contributed by atoms with Crippen molar-refractivity contribution in [2.45, 2.75) is 13.3 Å². The van der Waals surface area contributed by atoms with Gasteiger partial charge in [0.25, 0.3) is 0 Å². The van der Waals surface area contributed by atoms with Gasteiger partial charge in [0, 0.05) is 11.1 Å². The van der Waals surface area contributed by atoms with Gasteiger partial charge < -0.3 is 14.2 Å². The monoisotopic (exact) mass is 256 g/mol. The predicted octanol–water partition coefficient (Wildman–Crippen LogP) is 0.768. The highest BCUT2D eigenvalue weighted by Crippen LogP contribution is 2.02. The molecule has 6 heteroatoms. The second kappa shape index (κ2) is 8.05. The van der Waals surface area contributed by atoms with Gasteiger partial charge in [-0.1, -0.05) is 13.2 Å². The second-order valence-corrected chi connectivity index (χ2v) is 3.41. The van der Waals surface area contributed by atoms with Gasteiger partial charge in [-0.05, 0) is 6.92 Å². The molecule has 100 valence electrons. The van der Waals surface area contributed by atoms with Crippen LogP contribution in [0.5, 0.6) is 0 Å². The molecule has 0 aromatic heterocycles. The molecule has 0 aromatic carbocycles. The van der Waals surface area contributed by atoms with Gasteiger partial charge in [-0.2, -0.15) is 0 Å². The lowest BCUT2D eigenvalue weighted by Crippen LogP contribution is -2.16. The summed E-state index contributed by atoms with van der Waals surface area (Å²) in [5.41, 5.74) is 0.266. The maximum atomic E-state index is 11.2. The number of methoxy groups -OCH3 is 1. The molecule has 0 rings (SSSR count). The zero-order valence-corrected chi connectivity index (χ0v) is 10.5. The van der Waals surface area contributed by atoms with E-state index in [-0.39, 0.29) is 30.8 Å². The summed E-state index contributed by atoms with van der Waals surface area (Å²) in [6.45, 7) is 8.11. The molecule has 0 radical (unpaired) electrons. The van der Waals surface area contributed by atoms with Crippen molar-refractivity contribution in [3.8, 4) is 0 Å². The average molecular weight is 256 g/mol. The van der Waals surface area contributed by atoms with Gasteiger partial charge in [0.1, 0.15) is 13.2 Å². The smallest absolute Gasteiger partial charge is 0.333 e. The van der Waals surface area contributed by atoms with Crippen LogP contribution < -0.4 is 0 Å². The number of carbonyl (C=O) groups is 3. The number of esters is 3. The standard InChI is InChI=1S/C12H16O6/c1-8(2)11(14)18-6-5-17-10(13)7-9(3)12(15)16-4/h1,3,5-7H2,2,4H3. The van der Waals surface area contributed by atoms with Crippen molar-refractivity contribution < 1.29 is 28.6 Å². The molecule has 0 bridgehead atoms. The topological polar surface area (TPSA) is 78.9 Å². The van der Waals surface area contributed by atoms with E-state index in [2.05, 4.69) is 17.9 Å². The molecule has 6 nitrogen and oxygen atoms in total. The highest BCUT2D eigenvalue weighted by atomic mass is 16.6. The Balaban J connectivity index is 3.79. The van der Waals surface area contributed by atoms with Crippen LogP contribution in [0.2, 0.25) is 0 Å². The molecular weight excluding hydrogens is 240 g/mol. The third-order valence-corrected chi connectivity index (χ3v) is 1.76. The lowest BCUT2D eigenvalue weighted by Gasteiger charge is -2.06. The van der Waals surface area contributed by atoms with E-state index in [0.29, 0.717) is 0 Å². The molecule has 0 unspecified atom stereocenters. The van der Waals surface area contributed by atoms with Gasteiger partial charge in [0.2, 0.25) is 0 Å². The molecule has 0 spiro atoms. The molecule has 0 heterocycles. The zero-order valence-electron chi connectivity index (χ0n) is 10.5. The maximum Gasteiger partial charge on any atom is 0.333 e. The SMILES string of the molecule is C=C(C)C(=O)OCCOC(=O)CC(=C)C(=O)OC. The molecule has 0 saturated carbocycles. The summed E-state index contributed by atoms with van der Waals surface area (Å²) in [5.74, 6) is -1.86. The fourth-order valence-corrected chi connectivity index (χ4v) is 0.855. The Kier molecular flexibility index (Phi) is 7.11. The number of rotatable bonds is 7. The van der Waals surface area contributed by atoms with E-state index in [1.807, 2.05) is 0 Å². The van der Waals surface area contributed by atoms with Crippen molar-refractivity contribution in [1.29, 1.82) is 0 Å². The van der Waals surface area contributed by atoms with E-state index in [1.165, 1.54) is 14.0 Å². The van der Waals surface area contributed by atoms with E-state index in [4.69, 9.17) is 9.47 Å². The van der Waals surface area contributed by atoms with Crippen LogP contribution in [0.3, 0.4) is 0 Å². The Labute approximate surface area is 105 Å². The first-order valence-electron chi connectivity index (χ1n) is 5.12. The minimum atomic E-state index is -0.666. The number of carbonyl (C=O) groups excluding carboxylic acids is 3. The third-order valence-electron chi connectivity index (χ3n) is 1.76. The Morgan fingerprint density at radius 1 is 1.00 bits per heavy atom. The molecule has 0 aliphatic rings. The minimum absolute atomic E-state index is 0.00132. The summed E-state index contributed by atoms with van der Waals surface area (Å²) in [5, 5.41) is 0. The van der Waals surface area contributed by atoms with Crippen molar-refractivity contribution >= 4 is 17.9 Å². The molecule has 0 aliphatic heterocycles. The van der Waals surface area contributed by atoms with Gasteiger partial charge in [-0.25, -0.2) is 9.59 Å². The summed E-state index contributed by atoms with van der Waals surface area (Å²) in [6.07, 6.45) is -0.263. The average Bonchev–Trinajstić information content (AvgIpc) is 2.32. The van der Waals surface area contributed by atoms with E-state index >= 15 is 0 Å². The minimum Gasteiger partial charge on any atom is -0.466 e. The molecular formula is C12H16O6. The quantitative estimate of drug-likeness (QED) is 0.290. The molecule has 0 atom stereocenters. The van der Waals surface area contributed by atoms with Crippen molar-refractivity contribution in [3.63, 3.8) is 0 Å². The maximum absolute atomic E-state index is 11.2. The van der Waals surface area contributed by atoms with E-state index < -0.39 is 17.9 Å². The molecule has 0 N–H and O–H groups in total. The molecule has 0 saturated heterocycles. The normalized spacial score (nSPS) is 9.22. The van der Waals surface area contributed by atoms with Gasteiger partial charge in [-0.15, -0.1) is 0 Å². The lowest BCUT2D eigenvalue weighted by molar-refractivity contribution is -0.150. The fourth-order valence-electron chi connectivity index (χ4n) is 0.855. The summed E-state index contributed by atoms with van der Waals surface area (Å²) < 4.78 is 13.8. The van der Waals surface area contributed by atoms with Crippen LogP contribution in [0.25, 0.3) is 0 Å². The number of hydrogen-bond acceptors (Lipinski definition) is 6. The summed E-state index contributed by atoms with van der Waals surface area (Å²) in [4.78, 5) is 33.1. The molecule has 0 aliphatic carbocycles. The number of ether oxygens (including phenoxy) is 3. The van der Waals surface area contributed by atoms with Crippen LogP contribution >= 0.6 is 0 Å². The fraction of sp³-hybridized carbons (Fsp3) is 0.417. The highest BCUT2D eigenvalue weighted by molar-refractivity contribution is 5.93. The summed E-state index contributed by atoms with van der Waals surface area (Å²) in [7, 11) is 1.19.